The Morgan fingerprint density at radius 1 is 1.03 bits per heavy atom. The molecule has 0 atom stereocenters. The molecule has 1 aliphatic heterocycles. The Balaban J connectivity index is 1.48. The van der Waals surface area contributed by atoms with Gasteiger partial charge in [-0.25, -0.2) is 4.98 Å². The van der Waals surface area contributed by atoms with Gasteiger partial charge in [0.05, 0.1) is 17.8 Å². The van der Waals surface area contributed by atoms with Gasteiger partial charge in [0, 0.05) is 46.1 Å². The fourth-order valence-electron chi connectivity index (χ4n) is 4.46. The van der Waals surface area contributed by atoms with Crippen LogP contribution in [-0.2, 0) is 0 Å². The Morgan fingerprint density at radius 3 is 2.81 bits per heavy atom. The Hall–Kier alpha value is -3.71. The highest BCUT2D eigenvalue weighted by Gasteiger charge is 2.19. The lowest BCUT2D eigenvalue weighted by Crippen LogP contribution is -2.29. The molecule has 0 spiro atoms. The van der Waals surface area contributed by atoms with Crippen LogP contribution in [0.25, 0.3) is 44.3 Å². The summed E-state index contributed by atoms with van der Waals surface area (Å²) in [5.41, 5.74) is 10.6. The molecule has 0 amide bonds. The van der Waals surface area contributed by atoms with E-state index < -0.39 is 0 Å². The van der Waals surface area contributed by atoms with Crippen LogP contribution in [0.1, 0.15) is 18.9 Å². The minimum absolute atomic E-state index is 0.379. The largest absolute Gasteiger partial charge is 0.452 e. The number of hydrogen-bond donors (Lipinski definition) is 2. The van der Waals surface area contributed by atoms with Gasteiger partial charge >= 0.3 is 0 Å². The third-order valence-electron chi connectivity index (χ3n) is 6.08. The number of anilines is 1. The first-order valence-electron chi connectivity index (χ1n) is 10.6. The van der Waals surface area contributed by atoms with Crippen LogP contribution >= 0.6 is 0 Å². The molecule has 5 aromatic rings. The van der Waals surface area contributed by atoms with Gasteiger partial charge in [0.25, 0.3) is 0 Å². The van der Waals surface area contributed by atoms with Gasteiger partial charge in [0.15, 0.2) is 11.4 Å². The summed E-state index contributed by atoms with van der Waals surface area (Å²) in [4.78, 5) is 8.96. The number of para-hydroxylation sites is 1. The SMILES string of the molecule is Nc1ncc(-c2cnn(C3CCNCC3)c2)c2cc(-c3cccc4cccnc34)oc12. The highest BCUT2D eigenvalue weighted by atomic mass is 16.3. The number of nitrogens with two attached hydrogens (primary N) is 1. The Bertz CT molecular complexity index is 1390. The van der Waals surface area contributed by atoms with Crippen molar-refractivity contribution in [3.05, 3.63) is 61.2 Å². The van der Waals surface area contributed by atoms with E-state index in [2.05, 4.69) is 31.3 Å². The fourth-order valence-corrected chi connectivity index (χ4v) is 4.46. The number of pyridine rings is 2. The molecule has 31 heavy (non-hydrogen) atoms. The molecule has 0 bridgehead atoms. The maximum Gasteiger partial charge on any atom is 0.177 e. The van der Waals surface area contributed by atoms with Crippen LogP contribution in [0.2, 0.25) is 0 Å². The van der Waals surface area contributed by atoms with Crippen LogP contribution < -0.4 is 11.1 Å². The number of nitrogens with one attached hydrogen (secondary N) is 1. The zero-order chi connectivity index (χ0) is 20.8. The average Bonchev–Trinajstić information content (AvgIpc) is 3.48. The first-order valence-corrected chi connectivity index (χ1v) is 10.6. The van der Waals surface area contributed by atoms with Crippen LogP contribution in [0.15, 0.2) is 65.6 Å². The molecule has 1 saturated heterocycles. The van der Waals surface area contributed by atoms with Gasteiger partial charge in [-0.2, -0.15) is 5.10 Å². The van der Waals surface area contributed by atoms with E-state index in [0.29, 0.717) is 17.4 Å². The summed E-state index contributed by atoms with van der Waals surface area (Å²) < 4.78 is 8.29. The van der Waals surface area contributed by atoms with E-state index >= 15 is 0 Å². The summed E-state index contributed by atoms with van der Waals surface area (Å²) in [5.74, 6) is 1.11. The maximum atomic E-state index is 6.22. The molecule has 4 aromatic heterocycles. The van der Waals surface area contributed by atoms with E-state index in [-0.39, 0.29) is 0 Å². The summed E-state index contributed by atoms with van der Waals surface area (Å²) in [6.07, 6.45) is 9.78. The zero-order valence-electron chi connectivity index (χ0n) is 17.0. The number of piperidine rings is 1. The molecule has 0 unspecified atom stereocenters. The third kappa shape index (κ3) is 3.05. The lowest BCUT2D eigenvalue weighted by Gasteiger charge is -2.22. The second kappa shape index (κ2) is 7.21. The Labute approximate surface area is 178 Å². The van der Waals surface area contributed by atoms with Crippen molar-refractivity contribution >= 4 is 27.7 Å². The highest BCUT2D eigenvalue weighted by molar-refractivity contribution is 6.02. The van der Waals surface area contributed by atoms with Gasteiger partial charge in [-0.3, -0.25) is 9.67 Å². The second-order valence-electron chi connectivity index (χ2n) is 7.98. The lowest BCUT2D eigenvalue weighted by atomic mass is 10.0. The molecule has 154 valence electrons. The minimum Gasteiger partial charge on any atom is -0.452 e. The third-order valence-corrected chi connectivity index (χ3v) is 6.08. The Kier molecular flexibility index (Phi) is 4.21. The summed E-state index contributed by atoms with van der Waals surface area (Å²) in [5, 5.41) is 10.0. The Morgan fingerprint density at radius 2 is 1.90 bits per heavy atom. The van der Waals surface area contributed by atoms with E-state index in [1.807, 2.05) is 48.8 Å². The molecule has 0 radical (unpaired) electrons. The molecule has 3 N–H and O–H groups in total. The number of aromatic nitrogens is 4. The molecule has 1 aromatic carbocycles. The monoisotopic (exact) mass is 410 g/mol. The van der Waals surface area contributed by atoms with Crippen molar-refractivity contribution in [2.24, 2.45) is 0 Å². The first kappa shape index (κ1) is 18.1. The summed E-state index contributed by atoms with van der Waals surface area (Å²) in [7, 11) is 0. The lowest BCUT2D eigenvalue weighted by molar-refractivity contribution is 0.343. The van der Waals surface area contributed by atoms with Gasteiger partial charge in [-0.15, -0.1) is 0 Å². The van der Waals surface area contributed by atoms with E-state index in [0.717, 1.165) is 64.7 Å². The minimum atomic E-state index is 0.379. The van der Waals surface area contributed by atoms with E-state index in [9.17, 15) is 0 Å². The number of fused-ring (bicyclic) bond motifs is 2. The van der Waals surface area contributed by atoms with Crippen LogP contribution in [0, 0.1) is 0 Å². The first-order chi connectivity index (χ1) is 15.3. The van der Waals surface area contributed by atoms with E-state index in [1.165, 1.54) is 0 Å². The summed E-state index contributed by atoms with van der Waals surface area (Å²) >= 11 is 0. The van der Waals surface area contributed by atoms with Crippen molar-refractivity contribution in [1.29, 1.82) is 0 Å². The van der Waals surface area contributed by atoms with E-state index in [1.54, 1.807) is 6.20 Å². The molecule has 6 rings (SSSR count). The predicted molar refractivity (Wildman–Crippen MR) is 122 cm³/mol. The molecule has 0 aliphatic carbocycles. The number of benzene rings is 1. The topological polar surface area (TPSA) is 94.8 Å². The highest BCUT2D eigenvalue weighted by Crippen LogP contribution is 2.38. The van der Waals surface area contributed by atoms with Crippen molar-refractivity contribution < 1.29 is 4.42 Å². The summed E-state index contributed by atoms with van der Waals surface area (Å²) in [6.45, 7) is 2.05. The normalized spacial score (nSPS) is 15.1. The maximum absolute atomic E-state index is 6.22. The molecule has 5 heterocycles. The van der Waals surface area contributed by atoms with Crippen LogP contribution in [-0.4, -0.2) is 32.8 Å². The van der Waals surface area contributed by atoms with Crippen LogP contribution in [0.5, 0.6) is 0 Å². The molecular formula is C24H22N6O. The summed E-state index contributed by atoms with van der Waals surface area (Å²) in [6, 6.07) is 12.5. The fraction of sp³-hybridized carbons (Fsp3) is 0.208. The van der Waals surface area contributed by atoms with Gasteiger partial charge in [-0.1, -0.05) is 18.2 Å². The molecule has 7 heteroatoms. The second-order valence-corrected chi connectivity index (χ2v) is 7.98. The van der Waals surface area contributed by atoms with E-state index in [4.69, 9.17) is 10.2 Å². The van der Waals surface area contributed by atoms with Crippen molar-refractivity contribution in [2.45, 2.75) is 18.9 Å². The molecule has 0 saturated carbocycles. The van der Waals surface area contributed by atoms with Crippen molar-refractivity contribution in [3.63, 3.8) is 0 Å². The zero-order valence-corrected chi connectivity index (χ0v) is 17.0. The van der Waals surface area contributed by atoms with Crippen LogP contribution in [0.4, 0.5) is 5.82 Å². The molecule has 7 nitrogen and oxygen atoms in total. The molecule has 1 aliphatic rings. The van der Waals surface area contributed by atoms with Crippen molar-refractivity contribution in [1.82, 2.24) is 25.1 Å². The number of furan rings is 1. The van der Waals surface area contributed by atoms with Crippen LogP contribution in [0.3, 0.4) is 0 Å². The van der Waals surface area contributed by atoms with Gasteiger partial charge in [0.1, 0.15) is 5.76 Å². The molecular weight excluding hydrogens is 388 g/mol. The number of hydrogen-bond acceptors (Lipinski definition) is 6. The van der Waals surface area contributed by atoms with Crippen molar-refractivity contribution in [2.75, 3.05) is 18.8 Å². The average molecular weight is 410 g/mol. The number of nitrogens with zero attached hydrogens (tertiary/aromatic N) is 4. The van der Waals surface area contributed by atoms with Gasteiger partial charge in [-0.05, 0) is 44.1 Å². The van der Waals surface area contributed by atoms with Gasteiger partial charge in [0.2, 0.25) is 0 Å². The van der Waals surface area contributed by atoms with Gasteiger partial charge < -0.3 is 15.5 Å². The smallest absolute Gasteiger partial charge is 0.177 e. The molecule has 1 fully saturated rings. The quantitative estimate of drug-likeness (QED) is 0.457. The predicted octanol–water partition coefficient (Wildman–Crippen LogP) is 4.41. The standard InChI is InChI=1S/C24H22N6O/c25-24-23-19(11-21(31-23)18-5-1-3-15-4-2-8-27-22(15)18)20(13-28-24)16-12-29-30(14-16)17-6-9-26-10-7-17/h1-5,8,11-14,17,26H,6-7,9-10H2,(H2,25,28). The number of nitrogen functional groups attached to an aromatic ring is 1. The number of rotatable bonds is 3. The van der Waals surface area contributed by atoms with Crippen molar-refractivity contribution in [3.8, 4) is 22.5 Å².